The fraction of sp³-hybridized carbons (Fsp3) is 0.684. The molecular weight excluding hydrogens is 258 g/mol. The molecule has 21 heavy (non-hydrogen) atoms. The average molecular weight is 289 g/mol. The lowest BCUT2D eigenvalue weighted by atomic mass is 9.95. The van der Waals surface area contributed by atoms with Gasteiger partial charge < -0.3 is 10.1 Å². The van der Waals surface area contributed by atoms with Gasteiger partial charge in [0.05, 0.1) is 7.11 Å². The van der Waals surface area contributed by atoms with E-state index in [0.29, 0.717) is 6.04 Å². The molecule has 0 aliphatic heterocycles. The third-order valence-corrected chi connectivity index (χ3v) is 4.65. The Morgan fingerprint density at radius 3 is 2.29 bits per heavy atom. The minimum absolute atomic E-state index is 0.608. The number of rotatable bonds is 6. The Kier molecular flexibility index (Phi) is 7.08. The predicted octanol–water partition coefficient (Wildman–Crippen LogP) is 4.72. The van der Waals surface area contributed by atoms with Crippen LogP contribution in [0.5, 0.6) is 5.75 Å². The maximum absolute atomic E-state index is 5.20. The summed E-state index contributed by atoms with van der Waals surface area (Å²) in [6, 6.07) is 9.83. The average Bonchev–Trinajstić information content (AvgIpc) is 2.48. The van der Waals surface area contributed by atoms with Crippen LogP contribution in [0.25, 0.3) is 0 Å². The van der Waals surface area contributed by atoms with E-state index >= 15 is 0 Å². The van der Waals surface area contributed by atoms with E-state index in [2.05, 4.69) is 36.5 Å². The van der Waals surface area contributed by atoms with E-state index in [1.54, 1.807) is 7.11 Å². The number of aryl methyl sites for hydroxylation is 1. The molecule has 0 saturated heterocycles. The molecule has 0 aromatic heterocycles. The second-order valence-electron chi connectivity index (χ2n) is 6.50. The van der Waals surface area contributed by atoms with Crippen molar-refractivity contribution in [1.82, 2.24) is 5.32 Å². The lowest BCUT2D eigenvalue weighted by Crippen LogP contribution is -2.37. The van der Waals surface area contributed by atoms with Crippen molar-refractivity contribution in [2.24, 2.45) is 0 Å². The van der Waals surface area contributed by atoms with E-state index in [1.165, 1.54) is 56.9 Å². The fourth-order valence-electron chi connectivity index (χ4n) is 3.28. The molecule has 2 nitrogen and oxygen atoms in total. The van der Waals surface area contributed by atoms with E-state index in [1.807, 2.05) is 0 Å². The maximum atomic E-state index is 5.20. The first-order valence-corrected chi connectivity index (χ1v) is 8.67. The Morgan fingerprint density at radius 1 is 1.05 bits per heavy atom. The van der Waals surface area contributed by atoms with Crippen molar-refractivity contribution >= 4 is 0 Å². The summed E-state index contributed by atoms with van der Waals surface area (Å²) >= 11 is 0. The van der Waals surface area contributed by atoms with Crippen LogP contribution >= 0.6 is 0 Å². The van der Waals surface area contributed by atoms with Crippen LogP contribution in [0.3, 0.4) is 0 Å². The van der Waals surface area contributed by atoms with Gasteiger partial charge in [0, 0.05) is 12.1 Å². The number of benzene rings is 1. The number of methoxy groups -OCH3 is 1. The molecule has 2 rings (SSSR count). The van der Waals surface area contributed by atoms with Crippen LogP contribution in [0.15, 0.2) is 24.3 Å². The van der Waals surface area contributed by atoms with E-state index in [0.717, 1.165) is 18.2 Å². The first-order valence-electron chi connectivity index (χ1n) is 8.67. The summed E-state index contributed by atoms with van der Waals surface area (Å²) in [5.41, 5.74) is 1.40. The molecule has 1 saturated carbocycles. The molecule has 0 radical (unpaired) electrons. The molecule has 0 spiro atoms. The maximum Gasteiger partial charge on any atom is 0.118 e. The highest BCUT2D eigenvalue weighted by atomic mass is 16.5. The molecular formula is C19H31NO. The molecule has 118 valence electrons. The third kappa shape index (κ3) is 6.09. The summed E-state index contributed by atoms with van der Waals surface area (Å²) in [6.45, 7) is 2.34. The number of hydrogen-bond donors (Lipinski definition) is 1. The summed E-state index contributed by atoms with van der Waals surface area (Å²) in [5.74, 6) is 0.944. The molecule has 1 aliphatic carbocycles. The van der Waals surface area contributed by atoms with Gasteiger partial charge in [0.25, 0.3) is 0 Å². The van der Waals surface area contributed by atoms with Crippen LogP contribution in [0, 0.1) is 0 Å². The summed E-state index contributed by atoms with van der Waals surface area (Å²) in [7, 11) is 1.72. The van der Waals surface area contributed by atoms with Crippen molar-refractivity contribution < 1.29 is 4.74 Å². The first-order chi connectivity index (χ1) is 10.3. The molecule has 0 amide bonds. The molecule has 1 fully saturated rings. The Bertz CT molecular complexity index is 379. The van der Waals surface area contributed by atoms with Crippen LogP contribution in [0.4, 0.5) is 0 Å². The zero-order valence-corrected chi connectivity index (χ0v) is 13.7. The summed E-state index contributed by atoms with van der Waals surface area (Å²) in [5, 5.41) is 3.85. The Hall–Kier alpha value is -1.02. The molecule has 1 atom stereocenters. The second kappa shape index (κ2) is 9.09. The molecule has 1 N–H and O–H groups in total. The predicted molar refractivity (Wildman–Crippen MR) is 90.0 cm³/mol. The van der Waals surface area contributed by atoms with Crippen LogP contribution in [-0.4, -0.2) is 19.2 Å². The van der Waals surface area contributed by atoms with Gasteiger partial charge in [-0.15, -0.1) is 0 Å². The lowest BCUT2D eigenvalue weighted by Gasteiger charge is -2.25. The van der Waals surface area contributed by atoms with Crippen LogP contribution in [0.1, 0.15) is 63.9 Å². The van der Waals surface area contributed by atoms with E-state index < -0.39 is 0 Å². The summed E-state index contributed by atoms with van der Waals surface area (Å²) in [4.78, 5) is 0. The largest absolute Gasteiger partial charge is 0.497 e. The van der Waals surface area contributed by atoms with E-state index in [4.69, 9.17) is 4.74 Å². The van der Waals surface area contributed by atoms with Gasteiger partial charge in [-0.2, -0.15) is 0 Å². The minimum Gasteiger partial charge on any atom is -0.497 e. The first kappa shape index (κ1) is 16.4. The molecule has 2 heteroatoms. The van der Waals surface area contributed by atoms with Gasteiger partial charge in [-0.05, 0) is 50.3 Å². The third-order valence-electron chi connectivity index (χ3n) is 4.65. The van der Waals surface area contributed by atoms with Crippen LogP contribution in [0.2, 0.25) is 0 Å². The molecule has 1 aromatic carbocycles. The standard InChI is InChI=1S/C19H31NO/c1-16(20-18-8-6-4-3-5-7-9-18)10-11-17-12-14-19(21-2)15-13-17/h12-16,18,20H,3-11H2,1-2H3/t16-/m1/s1. The van der Waals surface area contributed by atoms with Crippen molar-refractivity contribution in [1.29, 1.82) is 0 Å². The molecule has 1 aliphatic rings. The van der Waals surface area contributed by atoms with Gasteiger partial charge in [-0.25, -0.2) is 0 Å². The fourth-order valence-corrected chi connectivity index (χ4v) is 3.28. The molecule has 0 unspecified atom stereocenters. The normalized spacial score (nSPS) is 18.8. The zero-order chi connectivity index (χ0) is 14.9. The van der Waals surface area contributed by atoms with Gasteiger partial charge in [-0.1, -0.05) is 44.2 Å². The van der Waals surface area contributed by atoms with Gasteiger partial charge in [0.1, 0.15) is 5.75 Å². The quantitative estimate of drug-likeness (QED) is 0.818. The Balaban J connectivity index is 1.71. The van der Waals surface area contributed by atoms with Crippen molar-refractivity contribution in [2.45, 2.75) is 76.8 Å². The monoisotopic (exact) mass is 289 g/mol. The lowest BCUT2D eigenvalue weighted by molar-refractivity contribution is 0.351. The van der Waals surface area contributed by atoms with Crippen LogP contribution in [-0.2, 0) is 6.42 Å². The van der Waals surface area contributed by atoms with E-state index in [-0.39, 0.29) is 0 Å². The SMILES string of the molecule is COc1ccc(CC[C@@H](C)NC2CCCCCCC2)cc1. The Labute approximate surface area is 130 Å². The van der Waals surface area contributed by atoms with Gasteiger partial charge in [0.15, 0.2) is 0 Å². The molecule has 1 aromatic rings. The number of hydrogen-bond acceptors (Lipinski definition) is 2. The van der Waals surface area contributed by atoms with E-state index in [9.17, 15) is 0 Å². The van der Waals surface area contributed by atoms with Crippen molar-refractivity contribution in [3.05, 3.63) is 29.8 Å². The zero-order valence-electron chi connectivity index (χ0n) is 13.7. The van der Waals surface area contributed by atoms with Crippen molar-refractivity contribution in [3.63, 3.8) is 0 Å². The highest BCUT2D eigenvalue weighted by Crippen LogP contribution is 2.18. The van der Waals surface area contributed by atoms with Gasteiger partial charge in [-0.3, -0.25) is 0 Å². The number of nitrogens with one attached hydrogen (secondary N) is 1. The summed E-state index contributed by atoms with van der Waals surface area (Å²) < 4.78 is 5.20. The Morgan fingerprint density at radius 2 is 1.67 bits per heavy atom. The minimum atomic E-state index is 0.608. The smallest absolute Gasteiger partial charge is 0.118 e. The van der Waals surface area contributed by atoms with Crippen molar-refractivity contribution in [3.8, 4) is 5.75 Å². The second-order valence-corrected chi connectivity index (χ2v) is 6.50. The highest BCUT2D eigenvalue weighted by molar-refractivity contribution is 5.27. The molecule has 0 heterocycles. The van der Waals surface area contributed by atoms with Crippen molar-refractivity contribution in [2.75, 3.05) is 7.11 Å². The van der Waals surface area contributed by atoms with Gasteiger partial charge >= 0.3 is 0 Å². The topological polar surface area (TPSA) is 21.3 Å². The van der Waals surface area contributed by atoms with Gasteiger partial charge in [0.2, 0.25) is 0 Å². The highest BCUT2D eigenvalue weighted by Gasteiger charge is 2.13. The molecule has 0 bridgehead atoms. The summed E-state index contributed by atoms with van der Waals surface area (Å²) in [6.07, 6.45) is 12.2. The number of ether oxygens (including phenoxy) is 1. The van der Waals surface area contributed by atoms with Crippen LogP contribution < -0.4 is 10.1 Å².